The molecule has 0 spiro atoms. The summed E-state index contributed by atoms with van der Waals surface area (Å²) in [7, 11) is 0. The van der Waals surface area contributed by atoms with Crippen molar-refractivity contribution in [3.05, 3.63) is 176 Å². The van der Waals surface area contributed by atoms with Crippen LogP contribution < -0.4 is 0 Å². The van der Waals surface area contributed by atoms with Crippen LogP contribution in [0.3, 0.4) is 0 Å². The van der Waals surface area contributed by atoms with Crippen LogP contribution >= 0.6 is 0 Å². The van der Waals surface area contributed by atoms with E-state index >= 15 is 0 Å². The Morgan fingerprint density at radius 3 is 0.504 bits per heavy atom. The van der Waals surface area contributed by atoms with Gasteiger partial charge in [-0.3, -0.25) is 0 Å². The molecule has 0 N–H and O–H groups in total. The molecule has 5 aromatic rings. The maximum absolute atomic E-state index is 13.7. The molecular formula is C109H158F5N5. The monoisotopic (exact) mass is 1630 g/mol. The Bertz CT molecular complexity index is 3730. The summed E-state index contributed by atoms with van der Waals surface area (Å²) in [5.41, 5.74) is 5.91. The first-order valence-corrected chi connectivity index (χ1v) is 49.1. The van der Waals surface area contributed by atoms with Gasteiger partial charge in [0.25, 0.3) is 0 Å². The summed E-state index contributed by atoms with van der Waals surface area (Å²) in [5.74, 6) is 6.93. The first-order chi connectivity index (χ1) is 58.1. The first kappa shape index (κ1) is 101. The van der Waals surface area contributed by atoms with Gasteiger partial charge in [-0.15, -0.1) is 0 Å². The smallest absolute Gasteiger partial charge is 0.141 e. The summed E-state index contributed by atoms with van der Waals surface area (Å²) in [6, 6.07) is 34.7. The Labute approximate surface area is 722 Å². The van der Waals surface area contributed by atoms with E-state index in [4.69, 9.17) is 26.3 Å². The highest BCUT2D eigenvalue weighted by molar-refractivity contribution is 5.37. The van der Waals surface area contributed by atoms with E-state index < -0.39 is 0 Å². The summed E-state index contributed by atoms with van der Waals surface area (Å²) in [6.45, 7) is 11.4. The number of nitriles is 5. The Hall–Kier alpha value is -6.80. The second kappa shape index (κ2) is 62.3. The van der Waals surface area contributed by atoms with Gasteiger partial charge in [0.15, 0.2) is 0 Å². The average Bonchev–Trinajstić information content (AvgIpc) is 0.883. The fraction of sp³-hybridized carbons (Fsp3) is 0.679. The highest BCUT2D eigenvalue weighted by atomic mass is 19.1. The van der Waals surface area contributed by atoms with Crippen LogP contribution in [0.25, 0.3) is 0 Å². The molecule has 654 valence electrons. The minimum Gasteiger partial charge on any atom is -0.206 e. The third-order valence-electron chi connectivity index (χ3n) is 28.1. The van der Waals surface area contributed by atoms with E-state index in [1.165, 1.54) is 327 Å². The molecule has 0 amide bonds. The molecule has 5 aromatic carbocycles. The molecule has 10 heteroatoms. The van der Waals surface area contributed by atoms with Gasteiger partial charge < -0.3 is 0 Å². The van der Waals surface area contributed by atoms with Crippen LogP contribution in [0.2, 0.25) is 0 Å². The largest absolute Gasteiger partial charge is 0.206 e. The third-order valence-corrected chi connectivity index (χ3v) is 28.1. The SMILES string of the molecule is CCCCCCC1CCC(CCc2ccc(C#N)c(F)c2)CC1.CCCCCCCC1CCC(CCc2ccc(C#N)c(F)c2)CC1.CCCCCCCCC1CCC(CCc2ccc(C#N)c(F)c2)CC1.CCCCCCCCCC1CCC(CCc2ccc(C#N)c(F)c2)CC1.CCCC[C@H]1CC[C@H](CCc2ccc(C#N)c(F)c2)CC1. The number of nitrogens with zero attached hydrogens (tertiary/aromatic N) is 5. The van der Waals surface area contributed by atoms with Crippen molar-refractivity contribution in [1.29, 1.82) is 26.3 Å². The molecule has 0 aliphatic heterocycles. The summed E-state index contributed by atoms with van der Waals surface area (Å²) >= 11 is 0. The van der Waals surface area contributed by atoms with Gasteiger partial charge in [0.1, 0.15) is 59.4 Å². The van der Waals surface area contributed by atoms with Crippen molar-refractivity contribution in [2.45, 2.75) is 413 Å². The predicted molar refractivity (Wildman–Crippen MR) is 487 cm³/mol. The molecule has 0 heterocycles. The standard InChI is InChI=1S/C24H36FN.C23H34FN.C22H32FN.C21H30FN.C19H26FN/c1-2-3-4-5-6-7-8-9-20-10-12-21(13-11-20)14-15-22-16-17-23(19-26)24(25)18-22;1-2-3-4-5-6-7-8-19-9-11-20(12-10-19)13-14-21-15-16-22(18-25)23(24)17-21;1-2-3-4-5-6-7-18-8-10-19(11-9-18)12-13-20-14-15-21(17-24)22(23)16-20;1-2-3-4-5-6-17-7-9-18(10-8-17)11-12-19-13-14-20(16-23)21(22)15-19;1-2-3-4-15-5-7-16(8-6-15)9-10-17-11-12-18(14-21)19(20)13-17/h16-18,20-21H,2-15H2,1H3;15-17,19-20H,2-14H2,1H3;14-16,18-19H,2-13H2,1H3;13-15,17-18H,2-12H2,1H3;11-13,15-16H,2-10H2,1H3/t;;;;15-,16-. The van der Waals surface area contributed by atoms with Crippen molar-refractivity contribution >= 4 is 0 Å². The Morgan fingerprint density at radius 2 is 0.345 bits per heavy atom. The van der Waals surface area contributed by atoms with Gasteiger partial charge in [-0.2, -0.15) is 26.3 Å². The third kappa shape index (κ3) is 42.2. The van der Waals surface area contributed by atoms with Gasteiger partial charge in [-0.1, -0.05) is 380 Å². The van der Waals surface area contributed by atoms with Crippen molar-refractivity contribution in [3.63, 3.8) is 0 Å². The molecule has 0 bridgehead atoms. The number of benzene rings is 5. The predicted octanol–water partition coefficient (Wildman–Crippen LogP) is 33.6. The van der Waals surface area contributed by atoms with Gasteiger partial charge in [0.05, 0.1) is 27.8 Å². The number of hydrogen-bond acceptors (Lipinski definition) is 5. The Balaban J connectivity index is 0.000000231. The van der Waals surface area contributed by atoms with Crippen LogP contribution in [0.5, 0.6) is 0 Å². The van der Waals surface area contributed by atoms with Crippen molar-refractivity contribution in [1.82, 2.24) is 0 Å². The molecule has 5 aliphatic rings. The van der Waals surface area contributed by atoms with Crippen LogP contribution in [0.4, 0.5) is 22.0 Å². The second-order valence-corrected chi connectivity index (χ2v) is 37.4. The van der Waals surface area contributed by atoms with Gasteiger partial charge in [-0.25, -0.2) is 22.0 Å². The minimum atomic E-state index is -0.377. The molecule has 5 fully saturated rings. The number of unbranched alkanes of at least 4 members (excludes halogenated alkanes) is 19. The lowest BCUT2D eigenvalue weighted by Crippen LogP contribution is -2.15. The summed E-state index contributed by atoms with van der Waals surface area (Å²) in [4.78, 5) is 0. The van der Waals surface area contributed by atoms with Gasteiger partial charge in [0, 0.05) is 0 Å². The second-order valence-electron chi connectivity index (χ2n) is 37.4. The highest BCUT2D eigenvalue weighted by Gasteiger charge is 2.26. The number of halogens is 5. The van der Waals surface area contributed by atoms with E-state index in [2.05, 4.69) is 34.6 Å². The lowest BCUT2D eigenvalue weighted by atomic mass is 9.77. The molecule has 5 saturated carbocycles. The average molecular weight is 1630 g/mol. The zero-order valence-electron chi connectivity index (χ0n) is 75.3. The lowest BCUT2D eigenvalue weighted by Gasteiger charge is -2.28. The lowest BCUT2D eigenvalue weighted by molar-refractivity contribution is 0.248. The van der Waals surface area contributed by atoms with Crippen molar-refractivity contribution < 1.29 is 22.0 Å². The molecule has 5 aliphatic carbocycles. The maximum atomic E-state index is 13.7. The fourth-order valence-electron chi connectivity index (χ4n) is 19.9. The zero-order chi connectivity index (χ0) is 85.3. The van der Waals surface area contributed by atoms with Crippen LogP contribution in [0.15, 0.2) is 91.0 Å². The molecule has 10 rings (SSSR count). The summed E-state index contributed by atoms with van der Waals surface area (Å²) in [5, 5.41) is 43.9. The van der Waals surface area contributed by atoms with Crippen LogP contribution in [0, 0.1) is 145 Å². The highest BCUT2D eigenvalue weighted by Crippen LogP contribution is 2.40. The number of aryl methyl sites for hydroxylation is 5. The molecular weight excluding hydrogens is 1470 g/mol. The molecule has 0 atom stereocenters. The summed E-state index contributed by atoms with van der Waals surface area (Å²) < 4.78 is 68.2. The Morgan fingerprint density at radius 1 is 0.202 bits per heavy atom. The van der Waals surface area contributed by atoms with Gasteiger partial charge >= 0.3 is 0 Å². The zero-order valence-corrected chi connectivity index (χ0v) is 75.3. The molecule has 0 unspecified atom stereocenters. The van der Waals surface area contributed by atoms with Gasteiger partial charge in [-0.05, 0) is 212 Å². The van der Waals surface area contributed by atoms with E-state index in [-0.39, 0.29) is 56.9 Å². The van der Waals surface area contributed by atoms with Crippen molar-refractivity contribution in [3.8, 4) is 30.3 Å². The van der Waals surface area contributed by atoms with Crippen molar-refractivity contribution in [2.75, 3.05) is 0 Å². The maximum Gasteiger partial charge on any atom is 0.141 e. The van der Waals surface area contributed by atoms with Crippen LogP contribution in [-0.4, -0.2) is 0 Å². The fourth-order valence-corrected chi connectivity index (χ4v) is 19.9. The number of hydrogen-bond donors (Lipinski definition) is 0. The van der Waals surface area contributed by atoms with E-state index in [1.54, 1.807) is 48.5 Å². The molecule has 0 saturated heterocycles. The molecule has 119 heavy (non-hydrogen) atoms. The van der Waals surface area contributed by atoms with Crippen molar-refractivity contribution in [2.24, 2.45) is 59.2 Å². The van der Waals surface area contributed by atoms with Crippen LogP contribution in [0.1, 0.15) is 437 Å². The Kier molecular flexibility index (Phi) is 52.9. The summed E-state index contributed by atoms with van der Waals surface area (Å²) in [6.07, 6.45) is 78.4. The molecule has 0 radical (unpaired) electrons. The number of rotatable bonds is 44. The van der Waals surface area contributed by atoms with E-state index in [9.17, 15) is 22.0 Å². The van der Waals surface area contributed by atoms with Gasteiger partial charge in [0.2, 0.25) is 0 Å². The quantitative estimate of drug-likeness (QED) is 0.0284. The normalized spacial score (nSPS) is 20.8. The topological polar surface area (TPSA) is 119 Å². The molecule has 5 nitrogen and oxygen atoms in total. The molecule has 0 aromatic heterocycles. The van der Waals surface area contributed by atoms with E-state index in [1.807, 2.05) is 60.7 Å². The first-order valence-electron chi connectivity index (χ1n) is 49.1. The minimum absolute atomic E-state index is 0.148. The van der Waals surface area contributed by atoms with E-state index in [0.717, 1.165) is 151 Å². The van der Waals surface area contributed by atoms with Crippen LogP contribution in [-0.2, 0) is 32.1 Å². The van der Waals surface area contributed by atoms with E-state index in [0.29, 0.717) is 0 Å².